The highest BCUT2D eigenvalue weighted by atomic mass is 16.7. The number of hydrogen-bond donors (Lipinski definition) is 0. The van der Waals surface area contributed by atoms with E-state index in [1.54, 1.807) is 24.0 Å². The second-order valence-electron chi connectivity index (χ2n) is 6.10. The first kappa shape index (κ1) is 15.0. The molecule has 4 rings (SSSR count). The topological polar surface area (TPSA) is 59.8 Å². The molecule has 2 aliphatic heterocycles. The minimum Gasteiger partial charge on any atom is -0.454 e. The van der Waals surface area contributed by atoms with E-state index in [0.29, 0.717) is 12.5 Å². The van der Waals surface area contributed by atoms with Gasteiger partial charge >= 0.3 is 0 Å². The molecule has 1 aromatic carbocycles. The van der Waals surface area contributed by atoms with Gasteiger partial charge in [0.25, 0.3) is 5.91 Å². The molecule has 1 amide bonds. The Kier molecular flexibility index (Phi) is 3.86. The number of carbonyl (C=O) groups is 1. The number of aryl methyl sites for hydroxylation is 1. The molecule has 0 saturated carbocycles. The second-order valence-corrected chi connectivity index (χ2v) is 6.10. The molecule has 1 fully saturated rings. The van der Waals surface area contributed by atoms with Gasteiger partial charge in [0.05, 0.1) is 0 Å². The van der Waals surface area contributed by atoms with Crippen molar-refractivity contribution >= 4 is 5.91 Å². The van der Waals surface area contributed by atoms with E-state index in [-0.39, 0.29) is 5.91 Å². The van der Waals surface area contributed by atoms with Crippen molar-refractivity contribution in [3.8, 4) is 11.5 Å². The summed E-state index contributed by atoms with van der Waals surface area (Å²) in [5.41, 5.74) is 1.84. The zero-order valence-electron chi connectivity index (χ0n) is 13.6. The summed E-state index contributed by atoms with van der Waals surface area (Å²) >= 11 is 0. The minimum absolute atomic E-state index is 0.0535. The fraction of sp³-hybridized carbons (Fsp3) is 0.412. The molecule has 7 heteroatoms. The highest BCUT2D eigenvalue weighted by Crippen LogP contribution is 2.32. The van der Waals surface area contributed by atoms with Crippen molar-refractivity contribution in [3.05, 3.63) is 41.7 Å². The smallest absolute Gasteiger partial charge is 0.272 e. The zero-order valence-corrected chi connectivity index (χ0v) is 13.6. The number of nitrogens with zero attached hydrogens (tertiary/aromatic N) is 4. The lowest BCUT2D eigenvalue weighted by molar-refractivity contribution is 0.0617. The molecule has 0 bridgehead atoms. The predicted molar refractivity (Wildman–Crippen MR) is 87.0 cm³/mol. The molecule has 0 aliphatic carbocycles. The lowest BCUT2D eigenvalue weighted by atomic mass is 10.1. The van der Waals surface area contributed by atoms with Crippen LogP contribution in [0, 0.1) is 0 Å². The van der Waals surface area contributed by atoms with Crippen LogP contribution in [0.2, 0.25) is 0 Å². The second kappa shape index (κ2) is 6.16. The Morgan fingerprint density at radius 3 is 2.67 bits per heavy atom. The van der Waals surface area contributed by atoms with Crippen LogP contribution < -0.4 is 9.47 Å². The Labute approximate surface area is 140 Å². The number of amides is 1. The number of ether oxygens (including phenoxy) is 2. The molecule has 1 saturated heterocycles. The third-order valence-corrected chi connectivity index (χ3v) is 4.54. The number of benzene rings is 1. The molecule has 1 aromatic heterocycles. The fourth-order valence-electron chi connectivity index (χ4n) is 3.15. The number of piperazine rings is 1. The Morgan fingerprint density at radius 2 is 1.92 bits per heavy atom. The lowest BCUT2D eigenvalue weighted by Gasteiger charge is -2.34. The molecule has 0 radical (unpaired) electrons. The number of rotatable bonds is 3. The summed E-state index contributed by atoms with van der Waals surface area (Å²) in [6, 6.07) is 7.83. The maximum Gasteiger partial charge on any atom is 0.272 e. The van der Waals surface area contributed by atoms with Gasteiger partial charge in [0.15, 0.2) is 11.5 Å². The van der Waals surface area contributed by atoms with Crippen molar-refractivity contribution in [1.29, 1.82) is 0 Å². The molecule has 24 heavy (non-hydrogen) atoms. The van der Waals surface area contributed by atoms with E-state index in [0.717, 1.165) is 44.2 Å². The zero-order chi connectivity index (χ0) is 16.5. The number of hydrogen-bond acceptors (Lipinski definition) is 5. The highest BCUT2D eigenvalue weighted by Gasteiger charge is 2.24. The Morgan fingerprint density at radius 1 is 1.12 bits per heavy atom. The van der Waals surface area contributed by atoms with Crippen LogP contribution in [0.25, 0.3) is 0 Å². The molecule has 2 aromatic rings. The Bertz CT molecular complexity index is 750. The summed E-state index contributed by atoms with van der Waals surface area (Å²) in [4.78, 5) is 16.7. The van der Waals surface area contributed by atoms with Gasteiger partial charge in [-0.1, -0.05) is 6.07 Å². The standard InChI is InChI=1S/C17H20N4O3/c1-19-14(4-5-18-19)17(22)21-8-6-20(7-9-21)11-13-2-3-15-16(10-13)24-12-23-15/h2-5,10H,6-9,11-12H2,1H3. The predicted octanol–water partition coefficient (Wildman–Crippen LogP) is 1.11. The molecule has 126 valence electrons. The summed E-state index contributed by atoms with van der Waals surface area (Å²) in [5, 5.41) is 4.07. The normalized spacial score (nSPS) is 17.3. The van der Waals surface area contributed by atoms with Crippen LogP contribution in [0.5, 0.6) is 11.5 Å². The first-order chi connectivity index (χ1) is 11.7. The average Bonchev–Trinajstić information content (AvgIpc) is 3.23. The number of aromatic nitrogens is 2. The van der Waals surface area contributed by atoms with Crippen molar-refractivity contribution in [3.63, 3.8) is 0 Å². The molecule has 7 nitrogen and oxygen atoms in total. The van der Waals surface area contributed by atoms with E-state index >= 15 is 0 Å². The van der Waals surface area contributed by atoms with E-state index in [1.807, 2.05) is 17.0 Å². The van der Waals surface area contributed by atoms with Crippen molar-refractivity contribution in [2.75, 3.05) is 33.0 Å². The third kappa shape index (κ3) is 2.82. The maximum atomic E-state index is 12.5. The monoisotopic (exact) mass is 328 g/mol. The van der Waals surface area contributed by atoms with E-state index in [9.17, 15) is 4.79 Å². The van der Waals surface area contributed by atoms with Gasteiger partial charge in [0.2, 0.25) is 6.79 Å². The molecule has 3 heterocycles. The molecular weight excluding hydrogens is 308 g/mol. The van der Waals surface area contributed by atoms with Crippen LogP contribution in [0.4, 0.5) is 0 Å². The SMILES string of the molecule is Cn1nccc1C(=O)N1CCN(Cc2ccc3c(c2)OCO3)CC1. The number of fused-ring (bicyclic) bond motifs is 1. The van der Waals surface area contributed by atoms with Gasteiger partial charge in [-0.05, 0) is 23.8 Å². The van der Waals surface area contributed by atoms with Crippen molar-refractivity contribution in [2.24, 2.45) is 7.05 Å². The van der Waals surface area contributed by atoms with Crippen LogP contribution >= 0.6 is 0 Å². The van der Waals surface area contributed by atoms with E-state index in [2.05, 4.69) is 16.1 Å². The Hall–Kier alpha value is -2.54. The molecular formula is C17H20N4O3. The van der Waals surface area contributed by atoms with Gasteiger partial charge in [0, 0.05) is 46.0 Å². The van der Waals surface area contributed by atoms with Crippen molar-refractivity contribution in [2.45, 2.75) is 6.54 Å². The van der Waals surface area contributed by atoms with Gasteiger partial charge in [0.1, 0.15) is 5.69 Å². The van der Waals surface area contributed by atoms with E-state index in [4.69, 9.17) is 9.47 Å². The van der Waals surface area contributed by atoms with Crippen LogP contribution in [-0.2, 0) is 13.6 Å². The average molecular weight is 328 g/mol. The lowest BCUT2D eigenvalue weighted by Crippen LogP contribution is -2.48. The van der Waals surface area contributed by atoms with Gasteiger partial charge in [-0.3, -0.25) is 14.4 Å². The van der Waals surface area contributed by atoms with Crippen molar-refractivity contribution < 1.29 is 14.3 Å². The molecule has 0 unspecified atom stereocenters. The van der Waals surface area contributed by atoms with E-state index in [1.165, 1.54) is 5.56 Å². The maximum absolute atomic E-state index is 12.5. The van der Waals surface area contributed by atoms with Crippen LogP contribution in [0.3, 0.4) is 0 Å². The van der Waals surface area contributed by atoms with E-state index < -0.39 is 0 Å². The summed E-state index contributed by atoms with van der Waals surface area (Å²) < 4.78 is 12.4. The van der Waals surface area contributed by atoms with Crippen molar-refractivity contribution in [1.82, 2.24) is 19.6 Å². The first-order valence-electron chi connectivity index (χ1n) is 8.09. The third-order valence-electron chi connectivity index (χ3n) is 4.54. The molecule has 0 spiro atoms. The van der Waals surface area contributed by atoms with Crippen LogP contribution in [0.1, 0.15) is 16.1 Å². The highest BCUT2D eigenvalue weighted by molar-refractivity contribution is 5.92. The van der Waals surface area contributed by atoms with Crippen LogP contribution in [-0.4, -0.2) is 58.5 Å². The van der Waals surface area contributed by atoms with Gasteiger partial charge in [-0.2, -0.15) is 5.10 Å². The number of carbonyl (C=O) groups excluding carboxylic acids is 1. The molecule has 0 N–H and O–H groups in total. The largest absolute Gasteiger partial charge is 0.454 e. The Balaban J connectivity index is 1.35. The van der Waals surface area contributed by atoms with Gasteiger partial charge in [-0.15, -0.1) is 0 Å². The summed E-state index contributed by atoms with van der Waals surface area (Å²) in [6.07, 6.45) is 1.66. The summed E-state index contributed by atoms with van der Waals surface area (Å²) in [7, 11) is 1.79. The van der Waals surface area contributed by atoms with Crippen LogP contribution in [0.15, 0.2) is 30.5 Å². The minimum atomic E-state index is 0.0535. The summed E-state index contributed by atoms with van der Waals surface area (Å²) in [6.45, 7) is 4.33. The fourth-order valence-corrected chi connectivity index (χ4v) is 3.15. The van der Waals surface area contributed by atoms with Gasteiger partial charge in [-0.25, -0.2) is 0 Å². The quantitative estimate of drug-likeness (QED) is 0.845. The molecule has 0 atom stereocenters. The molecule has 2 aliphatic rings. The summed E-state index contributed by atoms with van der Waals surface area (Å²) in [5.74, 6) is 1.68. The van der Waals surface area contributed by atoms with Gasteiger partial charge < -0.3 is 14.4 Å². The first-order valence-corrected chi connectivity index (χ1v) is 8.09.